The van der Waals surface area contributed by atoms with Gasteiger partial charge in [0, 0.05) is 12.4 Å². The zero-order valence-corrected chi connectivity index (χ0v) is 13.6. The van der Waals surface area contributed by atoms with E-state index in [2.05, 4.69) is 44.3 Å². The maximum absolute atomic E-state index is 12.0. The number of carbonyl (C=O) groups is 1. The van der Waals surface area contributed by atoms with Crippen LogP contribution in [0.1, 0.15) is 42.9 Å². The number of aryl methyl sites for hydroxylation is 2. The summed E-state index contributed by atoms with van der Waals surface area (Å²) in [6.07, 6.45) is 3.69. The second kappa shape index (κ2) is 9.02. The van der Waals surface area contributed by atoms with Crippen LogP contribution in [-0.2, 0) is 11.2 Å². The molecule has 0 saturated carbocycles. The average molecular weight is 296 g/mol. The van der Waals surface area contributed by atoms with Crippen LogP contribution in [0.2, 0.25) is 0 Å². The minimum Gasteiger partial charge on any atom is -0.356 e. The molecule has 1 N–H and O–H groups in total. The van der Waals surface area contributed by atoms with Crippen molar-refractivity contribution >= 4 is 17.5 Å². The second-order valence-corrected chi connectivity index (χ2v) is 5.92. The van der Waals surface area contributed by atoms with E-state index in [4.69, 9.17) is 11.6 Å². The van der Waals surface area contributed by atoms with Crippen LogP contribution in [0, 0.1) is 19.8 Å². The predicted octanol–water partition coefficient (Wildman–Crippen LogP) is 4.01. The highest BCUT2D eigenvalue weighted by Gasteiger charge is 2.10. The van der Waals surface area contributed by atoms with Crippen LogP contribution in [0.4, 0.5) is 0 Å². The van der Waals surface area contributed by atoms with Gasteiger partial charge in [-0.3, -0.25) is 4.79 Å². The summed E-state index contributed by atoms with van der Waals surface area (Å²) in [7, 11) is 0. The molecule has 0 bridgehead atoms. The molecule has 0 aromatic heterocycles. The Bertz CT molecular complexity index is 425. The van der Waals surface area contributed by atoms with Crippen LogP contribution in [0.15, 0.2) is 18.2 Å². The summed E-state index contributed by atoms with van der Waals surface area (Å²) >= 11 is 5.80. The highest BCUT2D eigenvalue weighted by Crippen LogP contribution is 2.13. The number of amides is 1. The third kappa shape index (κ3) is 5.96. The van der Waals surface area contributed by atoms with Gasteiger partial charge >= 0.3 is 0 Å². The van der Waals surface area contributed by atoms with Crippen LogP contribution >= 0.6 is 11.6 Å². The van der Waals surface area contributed by atoms with E-state index in [1.165, 1.54) is 11.1 Å². The second-order valence-electron chi connectivity index (χ2n) is 5.54. The number of hydrogen-bond acceptors (Lipinski definition) is 1. The lowest BCUT2D eigenvalue weighted by Gasteiger charge is -2.16. The Morgan fingerprint density at radius 3 is 2.70 bits per heavy atom. The van der Waals surface area contributed by atoms with Crippen molar-refractivity contribution in [2.75, 3.05) is 12.4 Å². The zero-order chi connectivity index (χ0) is 15.0. The van der Waals surface area contributed by atoms with Crippen molar-refractivity contribution in [2.24, 2.45) is 5.92 Å². The van der Waals surface area contributed by atoms with Crippen LogP contribution < -0.4 is 5.32 Å². The van der Waals surface area contributed by atoms with E-state index < -0.39 is 0 Å². The summed E-state index contributed by atoms with van der Waals surface area (Å²) in [6, 6.07) is 6.25. The zero-order valence-electron chi connectivity index (χ0n) is 12.8. The first-order valence-corrected chi connectivity index (χ1v) is 7.99. The van der Waals surface area contributed by atoms with Crippen molar-refractivity contribution < 1.29 is 4.79 Å². The summed E-state index contributed by atoms with van der Waals surface area (Å²) in [4.78, 5) is 12.0. The summed E-state index contributed by atoms with van der Waals surface area (Å²) < 4.78 is 0. The molecule has 0 saturated heterocycles. The van der Waals surface area contributed by atoms with Gasteiger partial charge in [0.15, 0.2) is 0 Å². The number of nitrogens with one attached hydrogen (secondary N) is 1. The topological polar surface area (TPSA) is 29.1 Å². The van der Waals surface area contributed by atoms with Gasteiger partial charge in [-0.15, -0.1) is 11.6 Å². The summed E-state index contributed by atoms with van der Waals surface area (Å²) in [5, 5.41) is 3.05. The fraction of sp³-hybridized carbons (Fsp3) is 0.588. The molecule has 0 aliphatic heterocycles. The van der Waals surface area contributed by atoms with E-state index >= 15 is 0 Å². The van der Waals surface area contributed by atoms with Gasteiger partial charge in [-0.25, -0.2) is 0 Å². The Balaban J connectivity index is 2.48. The molecule has 0 fully saturated rings. The van der Waals surface area contributed by atoms with Gasteiger partial charge in [0.1, 0.15) is 0 Å². The molecule has 20 heavy (non-hydrogen) atoms. The molecule has 0 aliphatic carbocycles. The van der Waals surface area contributed by atoms with E-state index in [-0.39, 0.29) is 5.91 Å². The molecule has 3 heteroatoms. The number of benzene rings is 1. The van der Waals surface area contributed by atoms with Gasteiger partial charge in [-0.2, -0.15) is 0 Å². The average Bonchev–Trinajstić information content (AvgIpc) is 2.41. The van der Waals surface area contributed by atoms with Crippen molar-refractivity contribution in [2.45, 2.75) is 46.5 Å². The van der Waals surface area contributed by atoms with E-state index in [9.17, 15) is 4.79 Å². The van der Waals surface area contributed by atoms with Crippen LogP contribution in [0.3, 0.4) is 0 Å². The number of rotatable bonds is 8. The Labute approximate surface area is 127 Å². The van der Waals surface area contributed by atoms with E-state index in [0.29, 0.717) is 18.2 Å². The molecule has 0 spiro atoms. The Kier molecular flexibility index (Phi) is 7.68. The molecule has 112 valence electrons. The standard InChI is InChI=1S/C17H26ClNO/c1-4-5-15(8-9-18)12-19-17(20)11-16-10-13(2)6-7-14(16)3/h6-7,10,15H,4-5,8-9,11-12H2,1-3H3,(H,19,20). The molecule has 1 atom stereocenters. The van der Waals surface area contributed by atoms with Crippen molar-refractivity contribution in [3.63, 3.8) is 0 Å². The van der Waals surface area contributed by atoms with Gasteiger partial charge < -0.3 is 5.32 Å². The molecular formula is C17H26ClNO. The normalized spacial score (nSPS) is 12.2. The number of alkyl halides is 1. The first-order valence-electron chi connectivity index (χ1n) is 7.45. The minimum atomic E-state index is 0.106. The molecule has 0 heterocycles. The van der Waals surface area contributed by atoms with Gasteiger partial charge in [-0.1, -0.05) is 37.1 Å². The molecule has 1 amide bonds. The maximum Gasteiger partial charge on any atom is 0.224 e. The lowest BCUT2D eigenvalue weighted by Crippen LogP contribution is -2.31. The molecular weight excluding hydrogens is 270 g/mol. The fourth-order valence-electron chi connectivity index (χ4n) is 2.40. The molecule has 0 radical (unpaired) electrons. The first kappa shape index (κ1) is 17.0. The van der Waals surface area contributed by atoms with Gasteiger partial charge in [0.05, 0.1) is 6.42 Å². The highest BCUT2D eigenvalue weighted by atomic mass is 35.5. The minimum absolute atomic E-state index is 0.106. The van der Waals surface area contributed by atoms with Crippen LogP contribution in [0.5, 0.6) is 0 Å². The molecule has 2 nitrogen and oxygen atoms in total. The molecule has 0 aliphatic rings. The molecule has 1 aromatic rings. The third-order valence-corrected chi connectivity index (χ3v) is 3.88. The third-order valence-electron chi connectivity index (χ3n) is 3.66. The van der Waals surface area contributed by atoms with Crippen molar-refractivity contribution in [3.8, 4) is 0 Å². The first-order chi connectivity index (χ1) is 9.56. The Hall–Kier alpha value is -1.02. The van der Waals surface area contributed by atoms with Crippen molar-refractivity contribution in [1.82, 2.24) is 5.32 Å². The van der Waals surface area contributed by atoms with Crippen molar-refractivity contribution in [3.05, 3.63) is 34.9 Å². The SMILES string of the molecule is CCCC(CCCl)CNC(=O)Cc1cc(C)ccc1C. The lowest BCUT2D eigenvalue weighted by atomic mass is 10.00. The van der Waals surface area contributed by atoms with Crippen LogP contribution in [-0.4, -0.2) is 18.3 Å². The number of hydrogen-bond donors (Lipinski definition) is 1. The largest absolute Gasteiger partial charge is 0.356 e. The Morgan fingerprint density at radius 2 is 2.05 bits per heavy atom. The predicted molar refractivity (Wildman–Crippen MR) is 86.4 cm³/mol. The smallest absolute Gasteiger partial charge is 0.224 e. The quantitative estimate of drug-likeness (QED) is 0.722. The lowest BCUT2D eigenvalue weighted by molar-refractivity contribution is -0.120. The Morgan fingerprint density at radius 1 is 1.30 bits per heavy atom. The van der Waals surface area contributed by atoms with Crippen LogP contribution in [0.25, 0.3) is 0 Å². The molecule has 1 unspecified atom stereocenters. The maximum atomic E-state index is 12.0. The number of halogens is 1. The molecule has 1 rings (SSSR count). The van der Waals surface area contributed by atoms with Gasteiger partial charge in [0.2, 0.25) is 5.91 Å². The summed E-state index contributed by atoms with van der Waals surface area (Å²) in [5.41, 5.74) is 3.49. The molecule has 1 aromatic carbocycles. The fourth-order valence-corrected chi connectivity index (χ4v) is 2.70. The van der Waals surface area contributed by atoms with Gasteiger partial charge in [0.25, 0.3) is 0 Å². The summed E-state index contributed by atoms with van der Waals surface area (Å²) in [5.74, 6) is 1.27. The number of carbonyl (C=O) groups excluding carboxylic acids is 1. The van der Waals surface area contributed by atoms with Crippen molar-refractivity contribution in [1.29, 1.82) is 0 Å². The van der Waals surface area contributed by atoms with Gasteiger partial charge in [-0.05, 0) is 43.7 Å². The summed E-state index contributed by atoms with van der Waals surface area (Å²) in [6.45, 7) is 7.01. The monoisotopic (exact) mass is 295 g/mol. The van der Waals surface area contributed by atoms with E-state index in [1.54, 1.807) is 0 Å². The van der Waals surface area contributed by atoms with E-state index in [1.807, 2.05) is 0 Å². The highest BCUT2D eigenvalue weighted by molar-refractivity contribution is 6.17. The van der Waals surface area contributed by atoms with E-state index in [0.717, 1.165) is 31.4 Å².